The number of hydrogen-bond donors (Lipinski definition) is 1. The Hall–Kier alpha value is -2.09. The maximum absolute atomic E-state index is 12.7. The summed E-state index contributed by atoms with van der Waals surface area (Å²) in [7, 11) is 0. The van der Waals surface area contributed by atoms with E-state index in [0.29, 0.717) is 32.0 Å². The molecule has 0 saturated carbocycles. The molecule has 2 aromatic rings. The van der Waals surface area contributed by atoms with Crippen molar-refractivity contribution in [2.75, 3.05) is 11.4 Å². The van der Waals surface area contributed by atoms with E-state index in [-0.39, 0.29) is 5.82 Å². The molecule has 0 spiro atoms. The van der Waals surface area contributed by atoms with E-state index in [4.69, 9.17) is 5.73 Å². The zero-order valence-electron chi connectivity index (χ0n) is 10.7. The Morgan fingerprint density at radius 3 is 2.75 bits per heavy atom. The minimum Gasteiger partial charge on any atom is -0.347 e. The van der Waals surface area contributed by atoms with Crippen molar-refractivity contribution < 1.29 is 8.78 Å². The van der Waals surface area contributed by atoms with Crippen LogP contribution in [-0.2, 0) is 19.6 Å². The number of pyridine rings is 1. The fraction of sp³-hybridized carbons (Fsp3) is 0.417. The van der Waals surface area contributed by atoms with E-state index in [1.165, 1.54) is 4.57 Å². The molecular formula is C12H14F2N6. The number of alkyl halides is 2. The van der Waals surface area contributed by atoms with Crippen LogP contribution in [0.2, 0.25) is 0 Å². The molecule has 0 aromatic carbocycles. The standard InChI is InChI=1S/C12H14F2N6/c13-11(14)12-18-17-10-7-19(3-4-20(10)12)9-2-1-8(5-15)6-16-9/h1-2,6,11H,3-5,7,15H2. The third-order valence-electron chi connectivity index (χ3n) is 3.35. The second kappa shape index (κ2) is 5.12. The molecule has 6 nitrogen and oxygen atoms in total. The molecule has 0 aliphatic carbocycles. The van der Waals surface area contributed by atoms with Crippen molar-refractivity contribution in [1.82, 2.24) is 19.7 Å². The van der Waals surface area contributed by atoms with Gasteiger partial charge in [0.1, 0.15) is 5.82 Å². The third kappa shape index (κ3) is 2.22. The zero-order chi connectivity index (χ0) is 14.1. The van der Waals surface area contributed by atoms with Crippen molar-refractivity contribution >= 4 is 5.82 Å². The SMILES string of the molecule is NCc1ccc(N2CCn3c(nnc3C(F)F)C2)nc1. The molecule has 0 saturated heterocycles. The van der Waals surface area contributed by atoms with Crippen LogP contribution in [0.1, 0.15) is 23.6 Å². The average molecular weight is 280 g/mol. The molecule has 3 rings (SSSR count). The molecule has 0 amide bonds. The highest BCUT2D eigenvalue weighted by Crippen LogP contribution is 2.23. The Morgan fingerprint density at radius 1 is 1.25 bits per heavy atom. The first kappa shape index (κ1) is 12.9. The molecule has 2 aromatic heterocycles. The van der Waals surface area contributed by atoms with Crippen LogP contribution >= 0.6 is 0 Å². The Kier molecular flexibility index (Phi) is 3.31. The number of halogens is 2. The quantitative estimate of drug-likeness (QED) is 0.911. The normalized spacial score (nSPS) is 14.7. The molecule has 0 bridgehead atoms. The summed E-state index contributed by atoms with van der Waals surface area (Å²) in [6.07, 6.45) is -0.871. The number of anilines is 1. The molecule has 0 radical (unpaired) electrons. The lowest BCUT2D eigenvalue weighted by Crippen LogP contribution is -2.35. The van der Waals surface area contributed by atoms with Crippen LogP contribution in [0.15, 0.2) is 18.3 Å². The summed E-state index contributed by atoms with van der Waals surface area (Å²) < 4.78 is 26.9. The van der Waals surface area contributed by atoms with E-state index in [2.05, 4.69) is 15.2 Å². The van der Waals surface area contributed by atoms with Gasteiger partial charge in [-0.2, -0.15) is 0 Å². The lowest BCUT2D eigenvalue weighted by atomic mass is 10.2. The molecule has 3 heterocycles. The van der Waals surface area contributed by atoms with Gasteiger partial charge >= 0.3 is 0 Å². The maximum atomic E-state index is 12.7. The first-order valence-electron chi connectivity index (χ1n) is 6.29. The molecule has 106 valence electrons. The van der Waals surface area contributed by atoms with Crippen molar-refractivity contribution in [3.63, 3.8) is 0 Å². The van der Waals surface area contributed by atoms with Crippen molar-refractivity contribution in [2.24, 2.45) is 5.73 Å². The molecule has 8 heteroatoms. The molecule has 2 N–H and O–H groups in total. The summed E-state index contributed by atoms with van der Waals surface area (Å²) in [5.41, 5.74) is 6.48. The van der Waals surface area contributed by atoms with Gasteiger partial charge in [0.05, 0.1) is 6.54 Å². The highest BCUT2D eigenvalue weighted by Gasteiger charge is 2.25. The van der Waals surface area contributed by atoms with Gasteiger partial charge in [0.2, 0.25) is 0 Å². The van der Waals surface area contributed by atoms with Gasteiger partial charge < -0.3 is 15.2 Å². The van der Waals surface area contributed by atoms with Crippen LogP contribution in [0.5, 0.6) is 0 Å². The fourth-order valence-corrected chi connectivity index (χ4v) is 2.26. The van der Waals surface area contributed by atoms with Crippen LogP contribution in [0.4, 0.5) is 14.6 Å². The summed E-state index contributed by atoms with van der Waals surface area (Å²) >= 11 is 0. The lowest BCUT2D eigenvalue weighted by Gasteiger charge is -2.28. The van der Waals surface area contributed by atoms with Gasteiger partial charge in [0, 0.05) is 25.8 Å². The van der Waals surface area contributed by atoms with Crippen molar-refractivity contribution in [3.05, 3.63) is 35.5 Å². The third-order valence-corrected chi connectivity index (χ3v) is 3.35. The first-order valence-corrected chi connectivity index (χ1v) is 6.29. The van der Waals surface area contributed by atoms with E-state index >= 15 is 0 Å². The molecule has 1 aliphatic rings. The van der Waals surface area contributed by atoms with E-state index in [1.807, 2.05) is 17.0 Å². The second-order valence-corrected chi connectivity index (χ2v) is 4.58. The summed E-state index contributed by atoms with van der Waals surface area (Å²) in [6, 6.07) is 3.79. The summed E-state index contributed by atoms with van der Waals surface area (Å²) in [4.78, 5) is 6.31. The topological polar surface area (TPSA) is 72.9 Å². The number of fused-ring (bicyclic) bond motifs is 1. The Balaban J connectivity index is 1.81. The van der Waals surface area contributed by atoms with Gasteiger partial charge in [-0.1, -0.05) is 6.07 Å². The Bertz CT molecular complexity index is 594. The van der Waals surface area contributed by atoms with E-state index in [1.54, 1.807) is 6.20 Å². The van der Waals surface area contributed by atoms with Crippen molar-refractivity contribution in [1.29, 1.82) is 0 Å². The monoisotopic (exact) mass is 280 g/mol. The number of hydrogen-bond acceptors (Lipinski definition) is 5. The minimum absolute atomic E-state index is 0.258. The lowest BCUT2D eigenvalue weighted by molar-refractivity contribution is 0.134. The highest BCUT2D eigenvalue weighted by atomic mass is 19.3. The van der Waals surface area contributed by atoms with Crippen LogP contribution in [-0.4, -0.2) is 26.3 Å². The number of nitrogens with two attached hydrogens (primary N) is 1. The molecule has 20 heavy (non-hydrogen) atoms. The number of aromatic nitrogens is 4. The van der Waals surface area contributed by atoms with Crippen LogP contribution in [0.25, 0.3) is 0 Å². The average Bonchev–Trinajstić information content (AvgIpc) is 2.90. The van der Waals surface area contributed by atoms with Gasteiger partial charge in [-0.3, -0.25) is 0 Å². The smallest absolute Gasteiger partial charge is 0.297 e. The van der Waals surface area contributed by atoms with E-state index in [0.717, 1.165) is 11.4 Å². The highest BCUT2D eigenvalue weighted by molar-refractivity contribution is 5.40. The summed E-state index contributed by atoms with van der Waals surface area (Å²) in [5, 5.41) is 7.38. The van der Waals surface area contributed by atoms with Crippen LogP contribution in [0, 0.1) is 0 Å². The van der Waals surface area contributed by atoms with Gasteiger partial charge in [-0.25, -0.2) is 13.8 Å². The number of rotatable bonds is 3. The van der Waals surface area contributed by atoms with Crippen LogP contribution < -0.4 is 10.6 Å². The van der Waals surface area contributed by atoms with Gasteiger partial charge in [0.15, 0.2) is 11.6 Å². The summed E-state index contributed by atoms with van der Waals surface area (Å²) in [5.74, 6) is 1.07. The maximum Gasteiger partial charge on any atom is 0.297 e. The minimum atomic E-state index is -2.59. The fourth-order valence-electron chi connectivity index (χ4n) is 2.26. The second-order valence-electron chi connectivity index (χ2n) is 4.58. The Labute approximate surface area is 114 Å². The summed E-state index contributed by atoms with van der Waals surface area (Å²) in [6.45, 7) is 1.90. The van der Waals surface area contributed by atoms with Crippen molar-refractivity contribution in [3.8, 4) is 0 Å². The van der Waals surface area contributed by atoms with Gasteiger partial charge in [-0.15, -0.1) is 10.2 Å². The molecule has 0 fully saturated rings. The van der Waals surface area contributed by atoms with Gasteiger partial charge in [0.25, 0.3) is 6.43 Å². The van der Waals surface area contributed by atoms with Crippen molar-refractivity contribution in [2.45, 2.75) is 26.1 Å². The first-order chi connectivity index (χ1) is 9.69. The van der Waals surface area contributed by atoms with E-state index in [9.17, 15) is 8.78 Å². The largest absolute Gasteiger partial charge is 0.347 e. The van der Waals surface area contributed by atoms with E-state index < -0.39 is 6.43 Å². The van der Waals surface area contributed by atoms with Crippen LogP contribution in [0.3, 0.4) is 0 Å². The van der Waals surface area contributed by atoms with Gasteiger partial charge in [-0.05, 0) is 11.6 Å². The zero-order valence-corrected chi connectivity index (χ0v) is 10.7. The molecular weight excluding hydrogens is 266 g/mol. The molecule has 0 unspecified atom stereocenters. The molecule has 0 atom stereocenters. The Morgan fingerprint density at radius 2 is 2.10 bits per heavy atom. The predicted octanol–water partition coefficient (Wildman–Crippen LogP) is 1.09. The predicted molar refractivity (Wildman–Crippen MR) is 68.2 cm³/mol. The molecule has 1 aliphatic heterocycles. The number of nitrogens with zero attached hydrogens (tertiary/aromatic N) is 5.